The highest BCUT2D eigenvalue weighted by atomic mass is 16.5. The number of nitrogens with one attached hydrogen (secondary N) is 4. The first kappa shape index (κ1) is 21.5. The second-order valence-corrected chi connectivity index (χ2v) is 8.35. The molecular weight excluding hydrogens is 454 g/mol. The van der Waals surface area contributed by atoms with E-state index in [4.69, 9.17) is 14.5 Å². The van der Waals surface area contributed by atoms with Crippen LogP contribution in [0.3, 0.4) is 0 Å². The van der Waals surface area contributed by atoms with Gasteiger partial charge in [-0.15, -0.1) is 0 Å². The molecule has 6 rings (SSSR count). The standard InChI is InChI=1S/C28H23N5O3/c1-35-23-12-13-29-22(23)15-18-25-20(30-27(18)34)10-11-21-26(25)33-28(32-21)31-19-9-8-17(14-24(19)36-2)16-6-4-3-5-7-16/h3-15,29H,1-2H3,(H,30,34)(H2,31,32,33)/b18-15-. The third-order valence-electron chi connectivity index (χ3n) is 6.23. The second-order valence-electron chi connectivity index (χ2n) is 8.35. The molecule has 0 unspecified atom stereocenters. The molecule has 8 nitrogen and oxygen atoms in total. The Bertz CT molecular complexity index is 1630. The van der Waals surface area contributed by atoms with Gasteiger partial charge < -0.3 is 30.1 Å². The summed E-state index contributed by atoms with van der Waals surface area (Å²) < 4.78 is 11.0. The fourth-order valence-corrected chi connectivity index (χ4v) is 4.49. The summed E-state index contributed by atoms with van der Waals surface area (Å²) in [4.78, 5) is 24.0. The average molecular weight is 478 g/mol. The number of carbonyl (C=O) groups excluding carboxylic acids is 1. The average Bonchev–Trinajstić information content (AvgIpc) is 3.61. The Morgan fingerprint density at radius 3 is 2.56 bits per heavy atom. The number of benzene rings is 3. The molecular formula is C28H23N5O3. The van der Waals surface area contributed by atoms with Gasteiger partial charge >= 0.3 is 0 Å². The molecule has 5 aromatic rings. The minimum atomic E-state index is -0.190. The van der Waals surface area contributed by atoms with Crippen molar-refractivity contribution in [2.24, 2.45) is 0 Å². The molecule has 3 heterocycles. The molecule has 0 saturated heterocycles. The van der Waals surface area contributed by atoms with Crippen molar-refractivity contribution in [2.75, 3.05) is 24.9 Å². The molecule has 0 spiro atoms. The van der Waals surface area contributed by atoms with E-state index >= 15 is 0 Å². The van der Waals surface area contributed by atoms with E-state index in [0.717, 1.165) is 27.9 Å². The molecule has 36 heavy (non-hydrogen) atoms. The summed E-state index contributed by atoms with van der Waals surface area (Å²) in [7, 11) is 3.24. The van der Waals surface area contributed by atoms with Crippen LogP contribution >= 0.6 is 0 Å². The molecule has 1 aliphatic rings. The van der Waals surface area contributed by atoms with E-state index in [0.29, 0.717) is 39.9 Å². The van der Waals surface area contributed by atoms with E-state index < -0.39 is 0 Å². The van der Waals surface area contributed by atoms with E-state index in [2.05, 4.69) is 32.7 Å². The van der Waals surface area contributed by atoms with Crippen molar-refractivity contribution in [1.29, 1.82) is 0 Å². The minimum Gasteiger partial charge on any atom is -0.495 e. The van der Waals surface area contributed by atoms with E-state index in [1.165, 1.54) is 0 Å². The largest absolute Gasteiger partial charge is 0.495 e. The lowest BCUT2D eigenvalue weighted by atomic mass is 10.0. The van der Waals surface area contributed by atoms with Gasteiger partial charge in [0.25, 0.3) is 5.91 Å². The van der Waals surface area contributed by atoms with Gasteiger partial charge in [-0.3, -0.25) is 4.79 Å². The van der Waals surface area contributed by atoms with Crippen LogP contribution in [0.2, 0.25) is 0 Å². The molecule has 0 saturated carbocycles. The number of hydrogen-bond acceptors (Lipinski definition) is 5. The van der Waals surface area contributed by atoms with Crippen LogP contribution in [0, 0.1) is 0 Å². The fraction of sp³-hybridized carbons (Fsp3) is 0.0714. The summed E-state index contributed by atoms with van der Waals surface area (Å²) in [5.41, 5.74) is 7.10. The molecule has 0 aliphatic carbocycles. The van der Waals surface area contributed by atoms with Crippen molar-refractivity contribution in [3.05, 3.63) is 84.2 Å². The highest BCUT2D eigenvalue weighted by Gasteiger charge is 2.28. The maximum Gasteiger partial charge on any atom is 0.256 e. The van der Waals surface area contributed by atoms with Gasteiger partial charge in [0, 0.05) is 11.8 Å². The third-order valence-corrected chi connectivity index (χ3v) is 6.23. The van der Waals surface area contributed by atoms with Crippen molar-refractivity contribution in [2.45, 2.75) is 0 Å². The third kappa shape index (κ3) is 3.65. The number of methoxy groups -OCH3 is 2. The number of amides is 1. The van der Waals surface area contributed by atoms with Crippen LogP contribution in [0.15, 0.2) is 72.9 Å². The molecule has 1 aliphatic heterocycles. The number of aromatic nitrogens is 3. The Balaban J connectivity index is 1.38. The Morgan fingerprint density at radius 1 is 0.917 bits per heavy atom. The normalized spacial score (nSPS) is 13.6. The first-order chi connectivity index (χ1) is 17.6. The number of fused-ring (bicyclic) bond motifs is 3. The molecule has 3 aromatic carbocycles. The molecule has 4 N–H and O–H groups in total. The van der Waals surface area contributed by atoms with Crippen molar-refractivity contribution in [1.82, 2.24) is 15.0 Å². The lowest BCUT2D eigenvalue weighted by molar-refractivity contribution is -0.110. The number of nitrogens with zero attached hydrogens (tertiary/aromatic N) is 1. The molecule has 2 aromatic heterocycles. The predicted molar refractivity (Wildman–Crippen MR) is 142 cm³/mol. The van der Waals surface area contributed by atoms with Crippen LogP contribution in [0.25, 0.3) is 33.8 Å². The molecule has 8 heteroatoms. The zero-order chi connectivity index (χ0) is 24.6. The zero-order valence-electron chi connectivity index (χ0n) is 19.7. The van der Waals surface area contributed by atoms with E-state index in [9.17, 15) is 4.79 Å². The summed E-state index contributed by atoms with van der Waals surface area (Å²) in [6, 6.07) is 21.7. The van der Waals surface area contributed by atoms with Gasteiger partial charge in [-0.25, -0.2) is 4.98 Å². The topological polar surface area (TPSA) is 104 Å². The number of anilines is 3. The second kappa shape index (κ2) is 8.66. The number of carbonyl (C=O) groups is 1. The van der Waals surface area contributed by atoms with Crippen LogP contribution in [-0.2, 0) is 4.79 Å². The Hall–Kier alpha value is -4.98. The lowest BCUT2D eigenvalue weighted by Gasteiger charge is -2.11. The molecule has 1 amide bonds. The lowest BCUT2D eigenvalue weighted by Crippen LogP contribution is -2.03. The number of ether oxygens (including phenoxy) is 2. The van der Waals surface area contributed by atoms with Crippen LogP contribution in [0.1, 0.15) is 11.3 Å². The first-order valence-corrected chi connectivity index (χ1v) is 11.4. The number of aromatic amines is 2. The van der Waals surface area contributed by atoms with E-state index in [1.807, 2.05) is 54.6 Å². The van der Waals surface area contributed by atoms with Crippen molar-refractivity contribution in [3.63, 3.8) is 0 Å². The number of hydrogen-bond donors (Lipinski definition) is 4. The van der Waals surface area contributed by atoms with Gasteiger partial charge in [0.05, 0.1) is 42.4 Å². The van der Waals surface area contributed by atoms with E-state index in [-0.39, 0.29) is 5.91 Å². The molecule has 0 bridgehead atoms. The first-order valence-electron chi connectivity index (χ1n) is 11.4. The summed E-state index contributed by atoms with van der Waals surface area (Å²) >= 11 is 0. The van der Waals surface area contributed by atoms with Crippen molar-refractivity contribution < 1.29 is 14.3 Å². The summed E-state index contributed by atoms with van der Waals surface area (Å²) in [6.45, 7) is 0. The fourth-order valence-electron chi connectivity index (χ4n) is 4.49. The van der Waals surface area contributed by atoms with Gasteiger partial charge in [-0.1, -0.05) is 36.4 Å². The van der Waals surface area contributed by atoms with Gasteiger partial charge in [-0.2, -0.15) is 0 Å². The maximum absolute atomic E-state index is 12.8. The molecule has 178 valence electrons. The van der Waals surface area contributed by atoms with E-state index in [1.54, 1.807) is 26.5 Å². The smallest absolute Gasteiger partial charge is 0.256 e. The highest BCUT2D eigenvalue weighted by Crippen LogP contribution is 2.40. The highest BCUT2D eigenvalue weighted by molar-refractivity contribution is 6.37. The zero-order valence-corrected chi connectivity index (χ0v) is 19.7. The molecule has 0 fully saturated rings. The predicted octanol–water partition coefficient (Wildman–Crippen LogP) is 5.81. The number of imidazole rings is 1. The van der Waals surface area contributed by atoms with Gasteiger partial charge in [0.2, 0.25) is 5.95 Å². The van der Waals surface area contributed by atoms with Crippen LogP contribution in [0.4, 0.5) is 17.3 Å². The van der Waals surface area contributed by atoms with Gasteiger partial charge in [-0.05, 0) is 47.5 Å². The Kier molecular flexibility index (Phi) is 5.19. The Labute approximate surface area is 207 Å². The van der Waals surface area contributed by atoms with Gasteiger partial charge in [0.1, 0.15) is 17.0 Å². The summed E-state index contributed by atoms with van der Waals surface area (Å²) in [5.74, 6) is 1.70. The number of rotatable bonds is 6. The van der Waals surface area contributed by atoms with Crippen LogP contribution in [0.5, 0.6) is 11.5 Å². The quantitative estimate of drug-likeness (QED) is 0.231. The minimum absolute atomic E-state index is 0.190. The maximum atomic E-state index is 12.8. The van der Waals surface area contributed by atoms with Crippen LogP contribution in [-0.4, -0.2) is 35.1 Å². The number of H-pyrrole nitrogens is 2. The molecule has 0 atom stereocenters. The van der Waals surface area contributed by atoms with Gasteiger partial charge in [0.15, 0.2) is 0 Å². The molecule has 0 radical (unpaired) electrons. The Morgan fingerprint density at radius 2 is 1.75 bits per heavy atom. The van der Waals surface area contributed by atoms with Crippen LogP contribution < -0.4 is 20.1 Å². The monoisotopic (exact) mass is 477 g/mol. The SMILES string of the molecule is COc1cc(-c2ccccc2)ccc1Nc1nc2c3c(ccc2[nH]1)NC(=O)/C3=C\c1[nH]ccc1OC. The summed E-state index contributed by atoms with van der Waals surface area (Å²) in [6.07, 6.45) is 3.55. The van der Waals surface area contributed by atoms with Crippen molar-refractivity contribution >= 4 is 45.9 Å². The summed E-state index contributed by atoms with van der Waals surface area (Å²) in [5, 5.41) is 6.26. The van der Waals surface area contributed by atoms with Crippen molar-refractivity contribution in [3.8, 4) is 22.6 Å².